The van der Waals surface area contributed by atoms with Gasteiger partial charge < -0.3 is 20.3 Å². The Kier molecular flexibility index (Phi) is 9.62. The predicted molar refractivity (Wildman–Crippen MR) is 121 cm³/mol. The normalized spacial score (nSPS) is 14.8. The lowest BCUT2D eigenvalue weighted by molar-refractivity contribution is -0.132. The Bertz CT molecular complexity index is 755. The van der Waals surface area contributed by atoms with Crippen LogP contribution >= 0.6 is 11.6 Å². The molecule has 0 saturated carbocycles. The van der Waals surface area contributed by atoms with Gasteiger partial charge in [-0.2, -0.15) is 0 Å². The van der Waals surface area contributed by atoms with Crippen LogP contribution in [0.25, 0.3) is 0 Å². The Balaban J connectivity index is 1.58. The lowest BCUT2D eigenvalue weighted by Gasteiger charge is -2.32. The first-order valence-electron chi connectivity index (χ1n) is 10.9. The van der Waals surface area contributed by atoms with Crippen molar-refractivity contribution < 1.29 is 19.1 Å². The summed E-state index contributed by atoms with van der Waals surface area (Å²) in [4.78, 5) is 37.9. The number of hydrogen-bond acceptors (Lipinski definition) is 4. The third kappa shape index (κ3) is 10.0. The minimum Gasteiger partial charge on any atom is -0.444 e. The van der Waals surface area contributed by atoms with Crippen LogP contribution in [0.1, 0.15) is 52.0 Å². The smallest absolute Gasteiger partial charge is 0.407 e. The van der Waals surface area contributed by atoms with Crippen molar-refractivity contribution in [3.8, 4) is 0 Å². The molecule has 8 heteroatoms. The van der Waals surface area contributed by atoms with Crippen molar-refractivity contribution in [1.29, 1.82) is 0 Å². The summed E-state index contributed by atoms with van der Waals surface area (Å²) in [5.74, 6) is 0.436. The highest BCUT2D eigenvalue weighted by Gasteiger charge is 2.23. The number of aryl methyl sites for hydroxylation is 1. The molecule has 1 aromatic carbocycles. The predicted octanol–water partition coefficient (Wildman–Crippen LogP) is 3.54. The molecule has 1 heterocycles. The number of ether oxygens (including phenoxy) is 1. The fraction of sp³-hybridized carbons (Fsp3) is 0.609. The van der Waals surface area contributed by atoms with Gasteiger partial charge in [-0.3, -0.25) is 9.59 Å². The van der Waals surface area contributed by atoms with Crippen molar-refractivity contribution in [2.45, 2.75) is 58.5 Å². The first-order valence-corrected chi connectivity index (χ1v) is 11.3. The Morgan fingerprint density at radius 3 is 2.48 bits per heavy atom. The second-order valence-electron chi connectivity index (χ2n) is 8.94. The summed E-state index contributed by atoms with van der Waals surface area (Å²) >= 11 is 5.97. The van der Waals surface area contributed by atoms with E-state index >= 15 is 0 Å². The van der Waals surface area contributed by atoms with E-state index in [2.05, 4.69) is 10.6 Å². The third-order valence-electron chi connectivity index (χ3n) is 5.09. The van der Waals surface area contributed by atoms with Gasteiger partial charge in [0.05, 0.1) is 0 Å². The van der Waals surface area contributed by atoms with Crippen molar-refractivity contribution in [1.82, 2.24) is 15.5 Å². The van der Waals surface area contributed by atoms with Gasteiger partial charge in [0.1, 0.15) is 5.60 Å². The van der Waals surface area contributed by atoms with Crippen LogP contribution in [0.3, 0.4) is 0 Å². The van der Waals surface area contributed by atoms with Crippen LogP contribution in [-0.2, 0) is 20.7 Å². The molecule has 172 valence electrons. The van der Waals surface area contributed by atoms with Gasteiger partial charge >= 0.3 is 6.09 Å². The summed E-state index contributed by atoms with van der Waals surface area (Å²) < 4.78 is 5.16. The topological polar surface area (TPSA) is 87.7 Å². The van der Waals surface area contributed by atoms with Crippen LogP contribution in [0.15, 0.2) is 24.3 Å². The molecule has 2 N–H and O–H groups in total. The minimum absolute atomic E-state index is 0.0278. The molecule has 31 heavy (non-hydrogen) atoms. The average molecular weight is 452 g/mol. The number of benzene rings is 1. The number of amides is 3. The molecule has 1 fully saturated rings. The van der Waals surface area contributed by atoms with Crippen molar-refractivity contribution in [2.24, 2.45) is 5.92 Å². The molecule has 1 aliphatic heterocycles. The number of carbonyl (C=O) groups is 3. The van der Waals surface area contributed by atoms with E-state index in [-0.39, 0.29) is 24.8 Å². The van der Waals surface area contributed by atoms with Gasteiger partial charge in [-0.15, -0.1) is 0 Å². The van der Waals surface area contributed by atoms with Gasteiger partial charge in [0.2, 0.25) is 11.8 Å². The molecule has 0 spiro atoms. The highest BCUT2D eigenvalue weighted by atomic mass is 35.5. The average Bonchev–Trinajstić information content (AvgIpc) is 2.69. The van der Waals surface area contributed by atoms with E-state index in [4.69, 9.17) is 16.3 Å². The van der Waals surface area contributed by atoms with E-state index in [1.54, 1.807) is 20.8 Å². The number of carbonyl (C=O) groups excluding carboxylic acids is 3. The lowest BCUT2D eigenvalue weighted by atomic mass is 9.96. The number of alkyl carbamates (subject to hydrolysis) is 1. The van der Waals surface area contributed by atoms with Crippen LogP contribution in [0.4, 0.5) is 4.79 Å². The summed E-state index contributed by atoms with van der Waals surface area (Å²) in [6.07, 6.45) is 2.56. The Labute approximate surface area is 189 Å². The van der Waals surface area contributed by atoms with E-state index in [1.807, 2.05) is 29.2 Å². The fourth-order valence-electron chi connectivity index (χ4n) is 3.43. The van der Waals surface area contributed by atoms with E-state index in [0.717, 1.165) is 18.4 Å². The van der Waals surface area contributed by atoms with Crippen LogP contribution in [0.5, 0.6) is 0 Å². The quantitative estimate of drug-likeness (QED) is 0.632. The zero-order valence-electron chi connectivity index (χ0n) is 18.7. The largest absolute Gasteiger partial charge is 0.444 e. The zero-order chi connectivity index (χ0) is 22.9. The molecule has 1 aromatic rings. The SMILES string of the molecule is CC(C)(C)OC(=O)NCCC(=O)N1CCC(CNC(=O)CCc2cccc(Cl)c2)CC1. The molecule has 0 aliphatic carbocycles. The fourth-order valence-corrected chi connectivity index (χ4v) is 3.64. The highest BCUT2D eigenvalue weighted by Crippen LogP contribution is 2.17. The maximum absolute atomic E-state index is 12.3. The summed E-state index contributed by atoms with van der Waals surface area (Å²) in [6.45, 7) is 7.63. The van der Waals surface area contributed by atoms with Crippen LogP contribution in [0, 0.1) is 5.92 Å². The molecular formula is C23H34ClN3O4. The monoisotopic (exact) mass is 451 g/mol. The molecule has 2 rings (SSSR count). The van der Waals surface area contributed by atoms with Gasteiger partial charge in [0.25, 0.3) is 0 Å². The molecule has 7 nitrogen and oxygen atoms in total. The van der Waals surface area contributed by atoms with Crippen LogP contribution in [0.2, 0.25) is 5.02 Å². The molecular weight excluding hydrogens is 418 g/mol. The van der Waals surface area contributed by atoms with Gasteiger partial charge in [0.15, 0.2) is 0 Å². The summed E-state index contributed by atoms with van der Waals surface area (Å²) in [7, 11) is 0. The first-order chi connectivity index (χ1) is 14.6. The minimum atomic E-state index is -0.555. The van der Waals surface area contributed by atoms with E-state index in [9.17, 15) is 14.4 Å². The van der Waals surface area contributed by atoms with Gasteiger partial charge in [-0.1, -0.05) is 23.7 Å². The number of nitrogens with one attached hydrogen (secondary N) is 2. The molecule has 3 amide bonds. The molecule has 0 atom stereocenters. The highest BCUT2D eigenvalue weighted by molar-refractivity contribution is 6.30. The Morgan fingerprint density at radius 1 is 1.13 bits per heavy atom. The summed E-state index contributed by atoms with van der Waals surface area (Å²) in [6, 6.07) is 7.55. The second-order valence-corrected chi connectivity index (χ2v) is 9.37. The Hall–Kier alpha value is -2.28. The van der Waals surface area contributed by atoms with Crippen LogP contribution < -0.4 is 10.6 Å². The van der Waals surface area contributed by atoms with Gasteiger partial charge in [-0.25, -0.2) is 4.79 Å². The van der Waals surface area contributed by atoms with Gasteiger partial charge in [-0.05, 0) is 63.6 Å². The molecule has 0 unspecified atom stereocenters. The second kappa shape index (κ2) is 11.9. The standard InChI is InChI=1S/C23H34ClN3O4/c1-23(2,3)31-22(30)25-12-9-21(29)27-13-10-18(11-14-27)16-26-20(28)8-7-17-5-4-6-19(24)15-17/h4-6,15,18H,7-14,16H2,1-3H3,(H,25,30)(H,26,28). The summed E-state index contributed by atoms with van der Waals surface area (Å²) in [5, 5.41) is 6.30. The maximum atomic E-state index is 12.3. The van der Waals surface area contributed by atoms with Crippen molar-refractivity contribution >= 4 is 29.5 Å². The number of hydrogen-bond donors (Lipinski definition) is 2. The van der Waals surface area contributed by atoms with E-state index < -0.39 is 11.7 Å². The molecule has 1 saturated heterocycles. The Morgan fingerprint density at radius 2 is 1.84 bits per heavy atom. The summed E-state index contributed by atoms with van der Waals surface area (Å²) in [5.41, 5.74) is 0.497. The molecule has 0 aromatic heterocycles. The number of likely N-dealkylation sites (tertiary alicyclic amines) is 1. The third-order valence-corrected chi connectivity index (χ3v) is 5.33. The van der Waals surface area contributed by atoms with Crippen molar-refractivity contribution in [3.63, 3.8) is 0 Å². The number of rotatable bonds is 8. The molecule has 0 bridgehead atoms. The first kappa shape index (κ1) is 25.0. The van der Waals surface area contributed by atoms with Crippen LogP contribution in [-0.4, -0.2) is 54.6 Å². The lowest BCUT2D eigenvalue weighted by Crippen LogP contribution is -2.42. The maximum Gasteiger partial charge on any atom is 0.407 e. The molecule has 1 aliphatic rings. The number of nitrogens with zero attached hydrogens (tertiary/aromatic N) is 1. The zero-order valence-corrected chi connectivity index (χ0v) is 19.5. The van der Waals surface area contributed by atoms with E-state index in [0.29, 0.717) is 43.4 Å². The number of halogens is 1. The van der Waals surface area contributed by atoms with Crippen molar-refractivity contribution in [2.75, 3.05) is 26.2 Å². The molecule has 0 radical (unpaired) electrons. The van der Waals surface area contributed by atoms with Gasteiger partial charge in [0, 0.05) is 44.0 Å². The van der Waals surface area contributed by atoms with E-state index in [1.165, 1.54) is 0 Å². The number of piperidine rings is 1. The van der Waals surface area contributed by atoms with Crippen molar-refractivity contribution in [3.05, 3.63) is 34.9 Å².